The zero-order valence-corrected chi connectivity index (χ0v) is 10.6. The molecule has 0 saturated carbocycles. The van der Waals surface area contributed by atoms with Gasteiger partial charge in [-0.25, -0.2) is 0 Å². The highest BCUT2D eigenvalue weighted by Gasteiger charge is 2.16. The third-order valence-electron chi connectivity index (χ3n) is 2.06. The zero-order valence-electron chi connectivity index (χ0n) is 9.83. The number of amides is 1. The Morgan fingerprint density at radius 2 is 2.26 bits per heavy atom. The molecule has 0 heterocycles. The van der Waals surface area contributed by atoms with Crippen LogP contribution in [0.15, 0.2) is 23.3 Å². The van der Waals surface area contributed by atoms with Crippen LogP contribution in [0.3, 0.4) is 0 Å². The third-order valence-corrected chi connectivity index (χ3v) is 2.38. The molecule has 8 nitrogen and oxygen atoms in total. The average molecular weight is 284 g/mol. The van der Waals surface area contributed by atoms with Gasteiger partial charge >= 0.3 is 0 Å². The second kappa shape index (κ2) is 5.91. The van der Waals surface area contributed by atoms with E-state index in [0.29, 0.717) is 5.01 Å². The van der Waals surface area contributed by atoms with Crippen LogP contribution in [0.4, 0.5) is 5.69 Å². The summed E-state index contributed by atoms with van der Waals surface area (Å²) in [6.45, 7) is 1.15. The van der Waals surface area contributed by atoms with E-state index >= 15 is 0 Å². The fourth-order valence-electron chi connectivity index (χ4n) is 1.24. The summed E-state index contributed by atoms with van der Waals surface area (Å²) >= 11 is 5.83. The number of carbonyl (C=O) groups excluding carboxylic acids is 1. The normalized spacial score (nSPS) is 10.4. The number of nitrogens with zero attached hydrogens (tertiary/aromatic N) is 3. The van der Waals surface area contributed by atoms with Crippen LogP contribution in [-0.4, -0.2) is 28.0 Å². The van der Waals surface area contributed by atoms with E-state index in [2.05, 4.69) is 5.10 Å². The van der Waals surface area contributed by atoms with Gasteiger partial charge in [0.15, 0.2) is 0 Å². The van der Waals surface area contributed by atoms with E-state index in [1.807, 2.05) is 0 Å². The molecule has 1 rings (SSSR count). The highest BCUT2D eigenvalue weighted by Crippen LogP contribution is 2.24. The van der Waals surface area contributed by atoms with E-state index in [-0.39, 0.29) is 16.3 Å². The molecule has 0 spiro atoms. The zero-order chi connectivity index (χ0) is 14.6. The van der Waals surface area contributed by atoms with Gasteiger partial charge in [-0.1, -0.05) is 17.7 Å². The van der Waals surface area contributed by atoms with Gasteiger partial charge in [-0.15, -0.1) is 0 Å². The van der Waals surface area contributed by atoms with Crippen LogP contribution >= 0.6 is 11.6 Å². The van der Waals surface area contributed by atoms with Crippen molar-refractivity contribution in [2.45, 2.75) is 6.92 Å². The molecule has 0 atom stereocenters. The number of hydrogen-bond acceptors (Lipinski definition) is 5. The Kier molecular flexibility index (Phi) is 4.54. The molecule has 0 fully saturated rings. The number of carbonyl (C=O) groups is 1. The lowest BCUT2D eigenvalue weighted by Gasteiger charge is -2.11. The Bertz CT molecular complexity index is 558. The van der Waals surface area contributed by atoms with Crippen molar-refractivity contribution < 1.29 is 9.72 Å². The van der Waals surface area contributed by atoms with Crippen molar-refractivity contribution in [1.29, 1.82) is 5.41 Å². The molecule has 0 aliphatic rings. The van der Waals surface area contributed by atoms with Crippen molar-refractivity contribution in [3.05, 3.63) is 38.9 Å². The smallest absolute Gasteiger partial charge is 0.279 e. The van der Waals surface area contributed by atoms with E-state index in [0.717, 1.165) is 13.1 Å². The maximum atomic E-state index is 11.1. The molecule has 0 radical (unpaired) electrons. The van der Waals surface area contributed by atoms with Crippen molar-refractivity contribution in [3.63, 3.8) is 0 Å². The van der Waals surface area contributed by atoms with Crippen LogP contribution in [0.2, 0.25) is 5.02 Å². The molecule has 0 aliphatic heterocycles. The van der Waals surface area contributed by atoms with Gasteiger partial charge in [-0.2, -0.15) is 10.1 Å². The maximum Gasteiger partial charge on any atom is 0.279 e. The second-order valence-corrected chi connectivity index (χ2v) is 3.80. The van der Waals surface area contributed by atoms with Crippen molar-refractivity contribution in [2.24, 2.45) is 10.8 Å². The first-order chi connectivity index (χ1) is 8.84. The van der Waals surface area contributed by atoms with E-state index in [4.69, 9.17) is 22.7 Å². The fourth-order valence-corrected chi connectivity index (χ4v) is 1.46. The molecule has 0 saturated heterocycles. The summed E-state index contributed by atoms with van der Waals surface area (Å²) in [6.07, 6.45) is 1.02. The molecule has 1 amide bonds. The van der Waals surface area contributed by atoms with Gasteiger partial charge in [0.25, 0.3) is 5.69 Å². The Hall–Kier alpha value is -2.48. The molecule has 100 valence electrons. The monoisotopic (exact) mass is 283 g/mol. The largest absolute Gasteiger partial charge is 0.368 e. The molecular weight excluding hydrogens is 274 g/mol. The number of rotatable bonds is 3. The second-order valence-electron chi connectivity index (χ2n) is 3.39. The number of nitro groups is 1. The van der Waals surface area contributed by atoms with E-state index in [9.17, 15) is 14.9 Å². The number of nitrogens with one attached hydrogen (secondary N) is 1. The fraction of sp³-hybridized carbons (Fsp3) is 0.100. The maximum absolute atomic E-state index is 11.1. The van der Waals surface area contributed by atoms with Crippen LogP contribution in [0.5, 0.6) is 0 Å². The van der Waals surface area contributed by atoms with Gasteiger partial charge in [0.2, 0.25) is 11.9 Å². The van der Waals surface area contributed by atoms with Crippen molar-refractivity contribution >= 4 is 35.4 Å². The SMILES string of the molecule is CC(=O)N(/N=C/c1c(Cl)cccc1[N+](=O)[O-])C(=N)N. The molecule has 0 aliphatic carbocycles. The quantitative estimate of drug-likeness (QED) is 0.375. The summed E-state index contributed by atoms with van der Waals surface area (Å²) in [6, 6.07) is 4.12. The van der Waals surface area contributed by atoms with Crippen molar-refractivity contribution in [1.82, 2.24) is 5.01 Å². The first-order valence-electron chi connectivity index (χ1n) is 4.96. The number of benzene rings is 1. The standard InChI is InChI=1S/C10H10ClN5O3/c1-6(17)15(10(12)13)14-5-7-8(11)3-2-4-9(7)16(18)19/h2-5H,1H3,(H3,12,13)/b14-5+. The Morgan fingerprint density at radius 3 is 2.74 bits per heavy atom. The van der Waals surface area contributed by atoms with Crippen LogP contribution in [0, 0.1) is 15.5 Å². The molecule has 3 N–H and O–H groups in total. The number of nitro benzene ring substituents is 1. The van der Waals surface area contributed by atoms with Gasteiger partial charge < -0.3 is 5.73 Å². The highest BCUT2D eigenvalue weighted by atomic mass is 35.5. The predicted octanol–water partition coefficient (Wildman–Crippen LogP) is 1.32. The number of hydrazone groups is 1. The van der Waals surface area contributed by atoms with E-state index < -0.39 is 16.8 Å². The van der Waals surface area contributed by atoms with Crippen molar-refractivity contribution in [3.8, 4) is 0 Å². The molecule has 0 bridgehead atoms. The summed E-state index contributed by atoms with van der Waals surface area (Å²) in [5.41, 5.74) is 4.91. The van der Waals surface area contributed by atoms with Gasteiger partial charge in [-0.3, -0.25) is 20.3 Å². The number of halogens is 1. The topological polar surface area (TPSA) is 126 Å². The minimum absolute atomic E-state index is 0.0293. The summed E-state index contributed by atoms with van der Waals surface area (Å²) in [4.78, 5) is 21.3. The minimum atomic E-state index is -0.626. The molecule has 9 heteroatoms. The Morgan fingerprint density at radius 1 is 1.63 bits per heavy atom. The van der Waals surface area contributed by atoms with Gasteiger partial charge in [0, 0.05) is 13.0 Å². The number of nitrogens with two attached hydrogens (primary N) is 1. The molecular formula is C10H10ClN5O3. The first-order valence-corrected chi connectivity index (χ1v) is 5.34. The van der Waals surface area contributed by atoms with Gasteiger partial charge in [0.1, 0.15) is 0 Å². The first kappa shape index (κ1) is 14.6. The van der Waals surface area contributed by atoms with Crippen LogP contribution < -0.4 is 5.73 Å². The van der Waals surface area contributed by atoms with E-state index in [1.165, 1.54) is 18.2 Å². The molecule has 1 aromatic carbocycles. The summed E-state index contributed by atoms with van der Waals surface area (Å²) in [5.74, 6) is -1.20. The van der Waals surface area contributed by atoms with Crippen LogP contribution in [-0.2, 0) is 4.79 Å². The lowest BCUT2D eigenvalue weighted by atomic mass is 10.2. The predicted molar refractivity (Wildman–Crippen MR) is 70.1 cm³/mol. The number of guanidine groups is 1. The average Bonchev–Trinajstić information content (AvgIpc) is 2.29. The molecule has 0 aromatic heterocycles. The van der Waals surface area contributed by atoms with E-state index in [1.54, 1.807) is 0 Å². The molecule has 1 aromatic rings. The third kappa shape index (κ3) is 3.49. The lowest BCUT2D eigenvalue weighted by Crippen LogP contribution is -2.35. The molecule has 0 unspecified atom stereocenters. The number of hydrogen-bond donors (Lipinski definition) is 2. The summed E-state index contributed by atoms with van der Waals surface area (Å²) in [7, 11) is 0. The van der Waals surface area contributed by atoms with Crippen molar-refractivity contribution in [2.75, 3.05) is 0 Å². The Balaban J connectivity index is 3.21. The van der Waals surface area contributed by atoms with Crippen LogP contribution in [0.1, 0.15) is 12.5 Å². The van der Waals surface area contributed by atoms with Gasteiger partial charge in [0.05, 0.1) is 21.7 Å². The van der Waals surface area contributed by atoms with Crippen LogP contribution in [0.25, 0.3) is 0 Å². The van der Waals surface area contributed by atoms with Gasteiger partial charge in [-0.05, 0) is 6.07 Å². The summed E-state index contributed by atoms with van der Waals surface area (Å²) < 4.78 is 0. The minimum Gasteiger partial charge on any atom is -0.368 e. The molecule has 19 heavy (non-hydrogen) atoms. The lowest BCUT2D eigenvalue weighted by molar-refractivity contribution is -0.385. The summed E-state index contributed by atoms with van der Waals surface area (Å²) in [5, 5.41) is 22.3. The highest BCUT2D eigenvalue weighted by molar-refractivity contribution is 6.33. The Labute approximate surface area is 113 Å².